The third-order valence-electron chi connectivity index (χ3n) is 7.24. The molecule has 1 aromatic carbocycles. The lowest BCUT2D eigenvalue weighted by Gasteiger charge is -2.58. The molecule has 3 aromatic rings. The summed E-state index contributed by atoms with van der Waals surface area (Å²) < 4.78 is 52.8. The number of benzene rings is 1. The molecule has 0 bridgehead atoms. The van der Waals surface area contributed by atoms with Gasteiger partial charge in [0.2, 0.25) is 18.0 Å². The van der Waals surface area contributed by atoms with Crippen LogP contribution in [0.2, 0.25) is 0 Å². The molecule has 0 spiro atoms. The molecular formula is C26H23F2N3O7S2. The van der Waals surface area contributed by atoms with Crippen molar-refractivity contribution in [2.24, 2.45) is 0 Å². The lowest BCUT2D eigenvalue weighted by Crippen LogP contribution is -2.73. The number of thiophene rings is 1. The van der Waals surface area contributed by atoms with Crippen molar-refractivity contribution in [3.8, 4) is 5.75 Å². The van der Waals surface area contributed by atoms with Gasteiger partial charge in [0.25, 0.3) is 5.91 Å². The van der Waals surface area contributed by atoms with Crippen molar-refractivity contribution in [2.45, 2.75) is 28.6 Å². The maximum atomic E-state index is 15.3. The van der Waals surface area contributed by atoms with Gasteiger partial charge in [0.05, 0.1) is 24.5 Å². The lowest BCUT2D eigenvalue weighted by atomic mass is 9.92. The number of amides is 1. The first-order valence-electron chi connectivity index (χ1n) is 12.2. The maximum absolute atomic E-state index is 15.3. The summed E-state index contributed by atoms with van der Waals surface area (Å²) in [5, 5.41) is 3.77. The SMILES string of the molecule is COC(=O)OCOc1c2n(ccc1=O)N([C@H]1c3ccsc3SCc3c1ccc(F)c3F)[C@]1(C)COCCN1C2=O. The van der Waals surface area contributed by atoms with Crippen LogP contribution in [0, 0.1) is 11.6 Å². The van der Waals surface area contributed by atoms with Crippen LogP contribution in [0.5, 0.6) is 5.75 Å². The summed E-state index contributed by atoms with van der Waals surface area (Å²) in [6.07, 6.45) is 0.426. The second kappa shape index (κ2) is 10.1. The van der Waals surface area contributed by atoms with Gasteiger partial charge in [-0.2, -0.15) is 0 Å². The number of carbonyl (C=O) groups is 2. The van der Waals surface area contributed by atoms with E-state index < -0.39 is 47.6 Å². The molecule has 5 heterocycles. The van der Waals surface area contributed by atoms with E-state index >= 15 is 4.39 Å². The Morgan fingerprint density at radius 1 is 1.20 bits per heavy atom. The van der Waals surface area contributed by atoms with Gasteiger partial charge in [-0.05, 0) is 30.0 Å². The van der Waals surface area contributed by atoms with Gasteiger partial charge in [0.15, 0.2) is 23.0 Å². The zero-order chi connectivity index (χ0) is 28.2. The van der Waals surface area contributed by atoms with E-state index in [1.54, 1.807) is 11.0 Å². The number of carbonyl (C=O) groups excluding carboxylic acids is 2. The first kappa shape index (κ1) is 26.6. The average Bonchev–Trinajstić information content (AvgIpc) is 3.35. The topological polar surface area (TPSA) is 99.5 Å². The van der Waals surface area contributed by atoms with E-state index in [2.05, 4.69) is 4.74 Å². The summed E-state index contributed by atoms with van der Waals surface area (Å²) in [6, 6.07) is 5.10. The highest BCUT2D eigenvalue weighted by atomic mass is 32.2. The molecule has 0 aliphatic carbocycles. The summed E-state index contributed by atoms with van der Waals surface area (Å²) >= 11 is 2.89. The summed E-state index contributed by atoms with van der Waals surface area (Å²) in [4.78, 5) is 40.0. The molecule has 2 atom stereocenters. The van der Waals surface area contributed by atoms with Crippen molar-refractivity contribution < 1.29 is 37.3 Å². The van der Waals surface area contributed by atoms with Crippen LogP contribution in [-0.4, -0.2) is 61.0 Å². The fourth-order valence-electron chi connectivity index (χ4n) is 5.44. The van der Waals surface area contributed by atoms with E-state index in [-0.39, 0.29) is 42.5 Å². The second-order valence-corrected chi connectivity index (χ2v) is 11.6. The quantitative estimate of drug-likeness (QED) is 0.331. The molecule has 2 aromatic heterocycles. The minimum atomic E-state index is -1.10. The first-order chi connectivity index (χ1) is 19.3. The molecule has 0 saturated carbocycles. The highest BCUT2D eigenvalue weighted by molar-refractivity contribution is 8.00. The Bertz CT molecular complexity index is 1580. The highest BCUT2D eigenvalue weighted by Crippen LogP contribution is 2.49. The van der Waals surface area contributed by atoms with E-state index in [9.17, 15) is 18.8 Å². The fraction of sp³-hybridized carbons (Fsp3) is 0.346. The van der Waals surface area contributed by atoms with Crippen LogP contribution in [-0.2, 0) is 20.0 Å². The van der Waals surface area contributed by atoms with Crippen molar-refractivity contribution in [3.63, 3.8) is 0 Å². The molecule has 1 saturated heterocycles. The van der Waals surface area contributed by atoms with Crippen LogP contribution in [0.3, 0.4) is 0 Å². The minimum absolute atomic E-state index is 0.0989. The number of fused-ring (bicyclic) bond motifs is 4. The molecule has 10 nitrogen and oxygen atoms in total. The van der Waals surface area contributed by atoms with Crippen LogP contribution in [0.15, 0.2) is 44.8 Å². The summed E-state index contributed by atoms with van der Waals surface area (Å²) in [6.45, 7) is 1.72. The number of ether oxygens (including phenoxy) is 4. The Morgan fingerprint density at radius 2 is 2.02 bits per heavy atom. The number of methoxy groups -OCH3 is 1. The number of nitrogens with zero attached hydrogens (tertiary/aromatic N) is 3. The van der Waals surface area contributed by atoms with Crippen LogP contribution >= 0.6 is 23.1 Å². The maximum Gasteiger partial charge on any atom is 0.510 e. The minimum Gasteiger partial charge on any atom is -0.451 e. The van der Waals surface area contributed by atoms with E-state index in [1.165, 1.54) is 40.0 Å². The van der Waals surface area contributed by atoms with E-state index in [0.717, 1.165) is 22.9 Å². The average molecular weight is 592 g/mol. The van der Waals surface area contributed by atoms with Crippen molar-refractivity contribution in [1.29, 1.82) is 0 Å². The van der Waals surface area contributed by atoms with E-state index in [0.29, 0.717) is 5.56 Å². The first-order valence-corrected chi connectivity index (χ1v) is 14.1. The number of halogens is 2. The Labute approximate surface area is 234 Å². The predicted octanol–water partition coefficient (Wildman–Crippen LogP) is 3.84. The molecule has 3 aliphatic heterocycles. The third kappa shape index (κ3) is 4.04. The molecule has 14 heteroatoms. The molecule has 3 aliphatic rings. The Hall–Kier alpha value is -3.62. The van der Waals surface area contributed by atoms with Crippen molar-refractivity contribution in [2.75, 3.05) is 38.7 Å². The van der Waals surface area contributed by atoms with E-state index in [4.69, 9.17) is 14.2 Å². The zero-order valence-electron chi connectivity index (χ0n) is 21.3. The van der Waals surface area contributed by atoms with Crippen molar-refractivity contribution in [1.82, 2.24) is 9.58 Å². The zero-order valence-corrected chi connectivity index (χ0v) is 23.0. The Kier molecular flexibility index (Phi) is 6.71. The number of thioether (sulfide) groups is 1. The number of pyridine rings is 1. The number of aromatic nitrogens is 1. The van der Waals surface area contributed by atoms with Gasteiger partial charge < -0.3 is 23.8 Å². The largest absolute Gasteiger partial charge is 0.510 e. The number of rotatable bonds is 4. The van der Waals surface area contributed by atoms with Gasteiger partial charge in [0, 0.05) is 35.7 Å². The Morgan fingerprint density at radius 3 is 2.83 bits per heavy atom. The molecular weight excluding hydrogens is 568 g/mol. The molecule has 1 fully saturated rings. The molecule has 40 heavy (non-hydrogen) atoms. The van der Waals surface area contributed by atoms with Crippen LogP contribution in [0.1, 0.15) is 40.1 Å². The fourth-order valence-corrected chi connectivity index (χ4v) is 7.62. The monoisotopic (exact) mass is 591 g/mol. The number of hydrogen-bond donors (Lipinski definition) is 0. The van der Waals surface area contributed by atoms with Gasteiger partial charge in [-0.1, -0.05) is 6.07 Å². The van der Waals surface area contributed by atoms with Crippen LogP contribution in [0.4, 0.5) is 13.6 Å². The van der Waals surface area contributed by atoms with Gasteiger partial charge in [-0.15, -0.1) is 23.1 Å². The highest BCUT2D eigenvalue weighted by Gasteiger charge is 2.53. The number of hydrogen-bond acceptors (Lipinski definition) is 10. The van der Waals surface area contributed by atoms with Crippen LogP contribution < -0.4 is 15.2 Å². The van der Waals surface area contributed by atoms with Crippen LogP contribution in [0.25, 0.3) is 0 Å². The number of morpholine rings is 1. The van der Waals surface area contributed by atoms with Gasteiger partial charge >= 0.3 is 6.16 Å². The van der Waals surface area contributed by atoms with Gasteiger partial charge in [-0.3, -0.25) is 19.3 Å². The van der Waals surface area contributed by atoms with E-state index in [1.807, 2.05) is 23.4 Å². The summed E-state index contributed by atoms with van der Waals surface area (Å²) in [5.41, 5.74) is -0.234. The summed E-state index contributed by atoms with van der Waals surface area (Å²) in [5.74, 6) is -2.48. The predicted molar refractivity (Wildman–Crippen MR) is 140 cm³/mol. The van der Waals surface area contributed by atoms with Gasteiger partial charge in [0.1, 0.15) is 6.04 Å². The smallest absolute Gasteiger partial charge is 0.451 e. The second-order valence-electron chi connectivity index (χ2n) is 9.42. The molecule has 1 amide bonds. The lowest BCUT2D eigenvalue weighted by molar-refractivity contribution is -0.0670. The Balaban J connectivity index is 1.60. The molecule has 0 radical (unpaired) electrons. The molecule has 6 rings (SSSR count). The van der Waals surface area contributed by atoms with Crippen molar-refractivity contribution in [3.05, 3.63) is 80.1 Å². The summed E-state index contributed by atoms with van der Waals surface area (Å²) in [7, 11) is 1.12. The normalized spacial score (nSPS) is 21.5. The molecule has 210 valence electrons. The molecule has 0 unspecified atom stereocenters. The third-order valence-corrected chi connectivity index (χ3v) is 9.54. The van der Waals surface area contributed by atoms with Crippen molar-refractivity contribution >= 4 is 35.2 Å². The van der Waals surface area contributed by atoms with Gasteiger partial charge in [-0.25, -0.2) is 13.6 Å². The standard InChI is InChI=1S/C26H23F2N3O7S2/c1-26-12-36-9-8-29(26)23(33)21-22(37-13-38-25(34)35-2)18(32)5-7-30(21)31(26)20-14-3-4-17(27)19(28)16(14)11-40-24-15(20)6-10-39-24/h3-7,10,20H,8-9,11-13H2,1-2H3/t20-,26-/m1/s1. The molecule has 0 N–H and O–H groups in total.